The minimum Gasteiger partial charge on any atom is -0.489 e. The fourth-order valence-electron chi connectivity index (χ4n) is 3.19. The summed E-state index contributed by atoms with van der Waals surface area (Å²) in [4.78, 5) is 28.2. The van der Waals surface area contributed by atoms with Crippen molar-refractivity contribution in [2.24, 2.45) is 9.39 Å². The van der Waals surface area contributed by atoms with Crippen LogP contribution in [0.15, 0.2) is 63.5 Å². The Balaban J connectivity index is 1.53. The topological polar surface area (TPSA) is 155 Å². The van der Waals surface area contributed by atoms with E-state index in [2.05, 4.69) is 9.39 Å². The standard InChI is InChI=1S/C22H19N5O6S2/c1-13(2)35(31,32)22-25-34-21-24-20(28)17(19(23)26(21)22)11-14-7-9-16(10-8-14)33-12-15-5-3-4-6-18(15)27(29)30/h3-11,13,23H,12H2,1-2H3/b17-11-,23-19?. The molecule has 0 fully saturated rings. The second kappa shape index (κ2) is 9.43. The summed E-state index contributed by atoms with van der Waals surface area (Å²) in [6.45, 7) is 3.01. The van der Waals surface area contributed by atoms with Gasteiger partial charge >= 0.3 is 0 Å². The van der Waals surface area contributed by atoms with Crippen LogP contribution in [0.4, 0.5) is 5.69 Å². The van der Waals surface area contributed by atoms with Crippen LogP contribution in [-0.4, -0.2) is 45.6 Å². The molecular weight excluding hydrogens is 494 g/mol. The van der Waals surface area contributed by atoms with Gasteiger partial charge in [-0.15, -0.1) is 0 Å². The lowest BCUT2D eigenvalue weighted by molar-refractivity contribution is -0.385. The van der Waals surface area contributed by atoms with Crippen LogP contribution in [0.1, 0.15) is 25.0 Å². The van der Waals surface area contributed by atoms with Crippen LogP contribution in [-0.2, 0) is 21.2 Å². The molecule has 2 heterocycles. The average Bonchev–Trinajstić information content (AvgIpc) is 3.26. The normalized spacial score (nSPS) is 16.9. The molecule has 11 nitrogen and oxygen atoms in total. The largest absolute Gasteiger partial charge is 0.489 e. The van der Waals surface area contributed by atoms with Gasteiger partial charge in [0.05, 0.1) is 33.3 Å². The van der Waals surface area contributed by atoms with E-state index in [1.54, 1.807) is 42.5 Å². The van der Waals surface area contributed by atoms with Crippen molar-refractivity contribution >= 4 is 55.6 Å². The van der Waals surface area contributed by atoms with Crippen LogP contribution >= 0.6 is 11.9 Å². The summed E-state index contributed by atoms with van der Waals surface area (Å²) in [5, 5.41) is 18.6. The molecule has 2 aliphatic rings. The molecule has 2 aliphatic heterocycles. The van der Waals surface area contributed by atoms with Crippen LogP contribution < -0.4 is 4.74 Å². The molecule has 180 valence electrons. The Morgan fingerprint density at radius 3 is 2.54 bits per heavy atom. The number of rotatable bonds is 6. The highest BCUT2D eigenvalue weighted by molar-refractivity contribution is 8.16. The molecular formula is C22H19N5O6S2. The molecule has 1 N–H and O–H groups in total. The Morgan fingerprint density at radius 1 is 1.20 bits per heavy atom. The molecule has 0 saturated carbocycles. The molecule has 4 rings (SSSR count). The molecule has 0 aliphatic carbocycles. The number of carbonyl (C=O) groups excluding carboxylic acids is 1. The zero-order valence-electron chi connectivity index (χ0n) is 18.5. The van der Waals surface area contributed by atoms with E-state index in [1.807, 2.05) is 0 Å². The van der Waals surface area contributed by atoms with E-state index in [1.165, 1.54) is 26.0 Å². The lowest BCUT2D eigenvalue weighted by Gasteiger charge is -2.25. The predicted molar refractivity (Wildman–Crippen MR) is 133 cm³/mol. The maximum atomic E-state index is 12.6. The van der Waals surface area contributed by atoms with E-state index >= 15 is 0 Å². The Morgan fingerprint density at radius 2 is 1.89 bits per heavy atom. The van der Waals surface area contributed by atoms with Gasteiger partial charge in [0.25, 0.3) is 11.6 Å². The fourth-order valence-corrected chi connectivity index (χ4v) is 5.26. The van der Waals surface area contributed by atoms with Crippen LogP contribution in [0.2, 0.25) is 0 Å². The van der Waals surface area contributed by atoms with E-state index in [9.17, 15) is 23.3 Å². The number of amides is 1. The van der Waals surface area contributed by atoms with Gasteiger partial charge in [-0.1, -0.05) is 24.3 Å². The number of sulfone groups is 1. The summed E-state index contributed by atoms with van der Waals surface area (Å²) < 4.78 is 34.9. The second-order valence-corrected chi connectivity index (χ2v) is 10.9. The molecule has 0 unspecified atom stereocenters. The number of ether oxygens (including phenoxy) is 1. The zero-order chi connectivity index (χ0) is 25.3. The molecule has 2 aromatic carbocycles. The third-order valence-corrected chi connectivity index (χ3v) is 7.98. The van der Waals surface area contributed by atoms with Crippen molar-refractivity contribution in [3.05, 3.63) is 75.3 Å². The molecule has 0 aromatic heterocycles. The summed E-state index contributed by atoms with van der Waals surface area (Å²) >= 11 is 0.740. The Labute approximate surface area is 204 Å². The van der Waals surface area contributed by atoms with E-state index in [4.69, 9.17) is 10.1 Å². The van der Waals surface area contributed by atoms with Crippen molar-refractivity contribution in [1.29, 1.82) is 5.41 Å². The molecule has 0 atom stereocenters. The van der Waals surface area contributed by atoms with Crippen LogP contribution in [0.3, 0.4) is 0 Å². The summed E-state index contributed by atoms with van der Waals surface area (Å²) in [6.07, 6.45) is 1.43. The minimum absolute atomic E-state index is 0.00270. The maximum absolute atomic E-state index is 12.6. The monoisotopic (exact) mass is 513 g/mol. The molecule has 2 aromatic rings. The number of nitrogens with zero attached hydrogens (tertiary/aromatic N) is 4. The number of hydrogen-bond donors (Lipinski definition) is 1. The van der Waals surface area contributed by atoms with Crippen LogP contribution in [0, 0.1) is 15.5 Å². The lowest BCUT2D eigenvalue weighted by atomic mass is 10.1. The van der Waals surface area contributed by atoms with E-state index in [0.717, 1.165) is 16.8 Å². The maximum Gasteiger partial charge on any atom is 0.283 e. The number of benzene rings is 2. The van der Waals surface area contributed by atoms with Crippen LogP contribution in [0.25, 0.3) is 6.08 Å². The first-order chi connectivity index (χ1) is 16.6. The molecule has 0 bridgehead atoms. The number of nitro groups is 1. The third-order valence-electron chi connectivity index (χ3n) is 5.14. The van der Waals surface area contributed by atoms with Crippen molar-refractivity contribution in [3.8, 4) is 5.75 Å². The van der Waals surface area contributed by atoms with Gasteiger partial charge in [0, 0.05) is 6.07 Å². The van der Waals surface area contributed by atoms with Gasteiger partial charge in [-0.05, 0) is 43.7 Å². The smallest absolute Gasteiger partial charge is 0.283 e. The molecule has 35 heavy (non-hydrogen) atoms. The van der Waals surface area contributed by atoms with Crippen molar-refractivity contribution in [2.75, 3.05) is 0 Å². The Kier molecular flexibility index (Phi) is 6.54. The van der Waals surface area contributed by atoms with E-state index in [-0.39, 0.29) is 34.0 Å². The van der Waals surface area contributed by atoms with E-state index < -0.39 is 25.9 Å². The van der Waals surface area contributed by atoms with Gasteiger partial charge in [0.1, 0.15) is 18.2 Å². The highest BCUT2D eigenvalue weighted by Crippen LogP contribution is 2.31. The first-order valence-corrected chi connectivity index (χ1v) is 12.6. The Bertz CT molecular complexity index is 1430. The summed E-state index contributed by atoms with van der Waals surface area (Å²) in [6, 6.07) is 12.8. The number of aliphatic imine (C=N–C) groups is 1. The molecule has 0 saturated heterocycles. The van der Waals surface area contributed by atoms with Gasteiger partial charge < -0.3 is 4.74 Å². The average molecular weight is 514 g/mol. The zero-order valence-corrected chi connectivity index (χ0v) is 20.2. The number of nitrogens with one attached hydrogen (secondary N) is 1. The van der Waals surface area contributed by atoms with Gasteiger partial charge in [-0.2, -0.15) is 9.39 Å². The number of hydrogen-bond acceptors (Lipinski definition) is 9. The van der Waals surface area contributed by atoms with Gasteiger partial charge in [-0.3, -0.25) is 20.3 Å². The fraction of sp³-hybridized carbons (Fsp3) is 0.182. The van der Waals surface area contributed by atoms with Gasteiger partial charge in [0.2, 0.25) is 20.2 Å². The quantitative estimate of drug-likeness (QED) is 0.266. The lowest BCUT2D eigenvalue weighted by Crippen LogP contribution is -2.46. The van der Waals surface area contributed by atoms with Gasteiger partial charge in [0.15, 0.2) is 0 Å². The van der Waals surface area contributed by atoms with Crippen LogP contribution in [0.5, 0.6) is 5.75 Å². The number of fused-ring (bicyclic) bond motifs is 1. The highest BCUT2D eigenvalue weighted by Gasteiger charge is 2.43. The predicted octanol–water partition coefficient (Wildman–Crippen LogP) is 3.57. The molecule has 1 amide bonds. The van der Waals surface area contributed by atoms with Crippen molar-refractivity contribution < 1.29 is 22.9 Å². The van der Waals surface area contributed by atoms with Gasteiger partial charge in [-0.25, -0.2) is 13.3 Å². The SMILES string of the molecule is CC(C)S(=O)(=O)C1=NSC2=NC(=O)/C(=C\c3ccc(OCc4ccccc4[N+](=O)[O-])cc3)C(=N)N21. The summed E-state index contributed by atoms with van der Waals surface area (Å²) in [5.41, 5.74) is 0.852. The molecule has 0 radical (unpaired) electrons. The number of carbonyl (C=O) groups is 1. The van der Waals surface area contributed by atoms with Crippen molar-refractivity contribution in [3.63, 3.8) is 0 Å². The summed E-state index contributed by atoms with van der Waals surface area (Å²) in [7, 11) is -3.80. The van der Waals surface area contributed by atoms with E-state index in [0.29, 0.717) is 16.9 Å². The first-order valence-electron chi connectivity index (χ1n) is 10.3. The summed E-state index contributed by atoms with van der Waals surface area (Å²) in [5.74, 6) is -0.558. The molecule has 13 heteroatoms. The third kappa shape index (κ3) is 4.72. The number of para-hydroxylation sites is 1. The van der Waals surface area contributed by atoms with Crippen molar-refractivity contribution in [1.82, 2.24) is 4.90 Å². The second-order valence-electron chi connectivity index (χ2n) is 7.74. The number of amidine groups is 3. The first kappa shape index (κ1) is 24.3. The number of nitro benzene ring substituents is 1. The minimum atomic E-state index is -3.80. The highest BCUT2D eigenvalue weighted by atomic mass is 32.2. The molecule has 0 spiro atoms. The van der Waals surface area contributed by atoms with Crippen molar-refractivity contribution in [2.45, 2.75) is 25.7 Å². The Hall–Kier alpha value is -3.84.